The summed E-state index contributed by atoms with van der Waals surface area (Å²) in [6, 6.07) is 13.3. The molecule has 30 heavy (non-hydrogen) atoms. The van der Waals surface area contributed by atoms with Crippen LogP contribution in [0, 0.1) is 0 Å². The number of hydrogen-bond acceptors (Lipinski definition) is 5. The highest BCUT2D eigenvalue weighted by Crippen LogP contribution is 2.39. The lowest BCUT2D eigenvalue weighted by Crippen LogP contribution is -2.34. The zero-order valence-electron chi connectivity index (χ0n) is 16.1. The molecular formula is C23H19N3O4. The Morgan fingerprint density at radius 1 is 1.10 bits per heavy atom. The summed E-state index contributed by atoms with van der Waals surface area (Å²) in [5, 5.41) is 3.39. The summed E-state index contributed by atoms with van der Waals surface area (Å²) in [4.78, 5) is 28.9. The van der Waals surface area contributed by atoms with E-state index in [1.54, 1.807) is 0 Å². The van der Waals surface area contributed by atoms with Gasteiger partial charge in [0, 0.05) is 5.39 Å². The Kier molecular flexibility index (Phi) is 4.35. The van der Waals surface area contributed by atoms with Crippen molar-refractivity contribution in [3.8, 4) is 11.5 Å². The number of para-hydroxylation sites is 1. The van der Waals surface area contributed by atoms with Crippen LogP contribution in [-0.4, -0.2) is 30.1 Å². The van der Waals surface area contributed by atoms with Crippen LogP contribution in [0.3, 0.4) is 0 Å². The number of pyridine rings is 1. The molecule has 0 saturated carbocycles. The number of allylic oxidation sites excluding steroid dienone is 1. The molecule has 1 aliphatic heterocycles. The van der Waals surface area contributed by atoms with E-state index in [2.05, 4.69) is 11.4 Å². The summed E-state index contributed by atoms with van der Waals surface area (Å²) in [5.74, 6) is 0.566. The molecule has 5 rings (SSSR count). The van der Waals surface area contributed by atoms with Crippen LogP contribution in [0.15, 0.2) is 42.5 Å². The molecule has 2 aromatic carbocycles. The van der Waals surface area contributed by atoms with E-state index in [-0.39, 0.29) is 19.2 Å². The van der Waals surface area contributed by atoms with E-state index in [9.17, 15) is 9.59 Å². The third kappa shape index (κ3) is 3.14. The third-order valence-corrected chi connectivity index (χ3v) is 5.33. The molecule has 1 aromatic heterocycles. The highest BCUT2D eigenvalue weighted by Gasteiger charge is 2.27. The molecule has 0 unspecified atom stereocenters. The second-order valence-corrected chi connectivity index (χ2v) is 7.26. The fraction of sp³-hybridized carbons (Fsp3) is 0.174. The number of carbonyl (C=O) groups excluding carboxylic acids is 2. The van der Waals surface area contributed by atoms with E-state index >= 15 is 0 Å². The SMILES string of the molecule is NC(=O)CNC(=O)c1c2c(nc3ccccc13)/C(=C\c1ccc3c(c1)OCO3)CC2. The molecule has 0 atom stereocenters. The fourth-order valence-electron chi connectivity index (χ4n) is 4.00. The molecule has 7 nitrogen and oxygen atoms in total. The van der Waals surface area contributed by atoms with Gasteiger partial charge in [0.2, 0.25) is 12.7 Å². The van der Waals surface area contributed by atoms with Gasteiger partial charge in [-0.05, 0) is 53.8 Å². The fourth-order valence-corrected chi connectivity index (χ4v) is 4.00. The molecule has 0 bridgehead atoms. The van der Waals surface area contributed by atoms with Crippen LogP contribution in [-0.2, 0) is 11.2 Å². The minimum absolute atomic E-state index is 0.204. The lowest BCUT2D eigenvalue weighted by atomic mass is 10.00. The molecule has 3 aromatic rings. The Hall–Kier alpha value is -3.87. The van der Waals surface area contributed by atoms with Crippen LogP contribution in [0.5, 0.6) is 11.5 Å². The number of fused-ring (bicyclic) bond motifs is 3. The summed E-state index contributed by atoms with van der Waals surface area (Å²) in [7, 11) is 0. The molecule has 7 heteroatoms. The van der Waals surface area contributed by atoms with Crippen molar-refractivity contribution in [2.75, 3.05) is 13.3 Å². The lowest BCUT2D eigenvalue weighted by Gasteiger charge is -2.12. The van der Waals surface area contributed by atoms with Crippen molar-refractivity contribution in [2.24, 2.45) is 5.73 Å². The summed E-state index contributed by atoms with van der Waals surface area (Å²) in [6.07, 6.45) is 3.53. The van der Waals surface area contributed by atoms with Crippen molar-refractivity contribution >= 4 is 34.4 Å². The van der Waals surface area contributed by atoms with Crippen LogP contribution in [0.1, 0.15) is 33.6 Å². The maximum Gasteiger partial charge on any atom is 0.252 e. The topological polar surface area (TPSA) is 104 Å². The first-order valence-electron chi connectivity index (χ1n) is 9.69. The van der Waals surface area contributed by atoms with Crippen molar-refractivity contribution in [2.45, 2.75) is 12.8 Å². The highest BCUT2D eigenvalue weighted by molar-refractivity contribution is 6.10. The van der Waals surface area contributed by atoms with Gasteiger partial charge in [-0.25, -0.2) is 4.98 Å². The van der Waals surface area contributed by atoms with Crippen LogP contribution >= 0.6 is 0 Å². The zero-order chi connectivity index (χ0) is 20.7. The molecule has 0 spiro atoms. The summed E-state index contributed by atoms with van der Waals surface area (Å²) < 4.78 is 10.8. The monoisotopic (exact) mass is 401 g/mol. The van der Waals surface area contributed by atoms with E-state index in [0.29, 0.717) is 12.0 Å². The number of amides is 2. The largest absolute Gasteiger partial charge is 0.454 e. The van der Waals surface area contributed by atoms with Gasteiger partial charge in [0.15, 0.2) is 11.5 Å². The van der Waals surface area contributed by atoms with E-state index in [1.807, 2.05) is 42.5 Å². The Balaban J connectivity index is 1.60. The molecule has 1 aliphatic carbocycles. The molecular weight excluding hydrogens is 382 g/mol. The van der Waals surface area contributed by atoms with Gasteiger partial charge in [0.05, 0.1) is 23.3 Å². The Morgan fingerprint density at radius 3 is 2.80 bits per heavy atom. The van der Waals surface area contributed by atoms with Gasteiger partial charge in [0.1, 0.15) is 0 Å². The van der Waals surface area contributed by atoms with Crippen LogP contribution in [0.25, 0.3) is 22.6 Å². The van der Waals surface area contributed by atoms with Crippen molar-refractivity contribution in [3.63, 3.8) is 0 Å². The first-order chi connectivity index (χ1) is 14.6. The molecule has 0 fully saturated rings. The Labute approximate surface area is 172 Å². The van der Waals surface area contributed by atoms with E-state index in [0.717, 1.165) is 51.2 Å². The number of carbonyl (C=O) groups is 2. The average Bonchev–Trinajstić information content (AvgIpc) is 3.37. The van der Waals surface area contributed by atoms with Crippen molar-refractivity contribution < 1.29 is 19.1 Å². The summed E-state index contributed by atoms with van der Waals surface area (Å²) in [5.41, 5.74) is 10.2. The van der Waals surface area contributed by atoms with Gasteiger partial charge in [-0.15, -0.1) is 0 Å². The molecule has 150 valence electrons. The Morgan fingerprint density at radius 2 is 1.93 bits per heavy atom. The molecule has 2 amide bonds. The van der Waals surface area contributed by atoms with Gasteiger partial charge < -0.3 is 20.5 Å². The molecule has 0 saturated heterocycles. The number of nitrogens with one attached hydrogen (secondary N) is 1. The maximum atomic E-state index is 12.9. The summed E-state index contributed by atoms with van der Waals surface area (Å²) >= 11 is 0. The van der Waals surface area contributed by atoms with Crippen LogP contribution in [0.2, 0.25) is 0 Å². The second-order valence-electron chi connectivity index (χ2n) is 7.26. The van der Waals surface area contributed by atoms with Gasteiger partial charge in [-0.1, -0.05) is 24.3 Å². The lowest BCUT2D eigenvalue weighted by molar-refractivity contribution is -0.117. The normalized spacial score (nSPS) is 15.4. The first kappa shape index (κ1) is 18.2. The van der Waals surface area contributed by atoms with Gasteiger partial charge >= 0.3 is 0 Å². The number of ether oxygens (including phenoxy) is 2. The predicted molar refractivity (Wildman–Crippen MR) is 112 cm³/mol. The van der Waals surface area contributed by atoms with Crippen LogP contribution < -0.4 is 20.5 Å². The van der Waals surface area contributed by atoms with Gasteiger partial charge in [-0.3, -0.25) is 9.59 Å². The van der Waals surface area contributed by atoms with E-state index in [1.165, 1.54) is 0 Å². The standard InChI is InChI=1S/C23H19N3O4/c24-20(27)11-25-23(28)21-15-3-1-2-4-17(15)26-22-14(6-7-16(21)22)9-13-5-8-18-19(10-13)30-12-29-18/h1-5,8-10H,6-7,11-12H2,(H2,24,27)(H,25,28)/b14-9-. The Bertz CT molecular complexity index is 1230. The number of benzene rings is 2. The molecule has 3 N–H and O–H groups in total. The van der Waals surface area contributed by atoms with Gasteiger partial charge in [0.25, 0.3) is 5.91 Å². The number of hydrogen-bond donors (Lipinski definition) is 2. The smallest absolute Gasteiger partial charge is 0.252 e. The van der Waals surface area contributed by atoms with Crippen molar-refractivity contribution in [1.82, 2.24) is 10.3 Å². The highest BCUT2D eigenvalue weighted by atomic mass is 16.7. The second kappa shape index (κ2) is 7.18. The van der Waals surface area contributed by atoms with E-state index in [4.69, 9.17) is 20.2 Å². The minimum atomic E-state index is -0.582. The number of primary amides is 1. The predicted octanol–water partition coefficient (Wildman–Crippen LogP) is 2.67. The number of nitrogens with zero attached hydrogens (tertiary/aromatic N) is 1. The molecule has 0 radical (unpaired) electrons. The summed E-state index contributed by atoms with van der Waals surface area (Å²) in [6.45, 7) is 0.0274. The maximum absolute atomic E-state index is 12.9. The number of aromatic nitrogens is 1. The van der Waals surface area contributed by atoms with Crippen molar-refractivity contribution in [1.29, 1.82) is 0 Å². The van der Waals surface area contributed by atoms with Crippen LogP contribution in [0.4, 0.5) is 0 Å². The molecule has 2 aliphatic rings. The third-order valence-electron chi connectivity index (χ3n) is 5.33. The average molecular weight is 401 g/mol. The minimum Gasteiger partial charge on any atom is -0.454 e. The number of nitrogens with two attached hydrogens (primary N) is 1. The zero-order valence-corrected chi connectivity index (χ0v) is 16.1. The van der Waals surface area contributed by atoms with E-state index < -0.39 is 5.91 Å². The van der Waals surface area contributed by atoms with Gasteiger partial charge in [-0.2, -0.15) is 0 Å². The quantitative estimate of drug-likeness (QED) is 0.700. The number of rotatable bonds is 4. The van der Waals surface area contributed by atoms with Crippen molar-refractivity contribution in [3.05, 3.63) is 64.8 Å². The first-order valence-corrected chi connectivity index (χ1v) is 9.69. The molecule has 2 heterocycles.